The second-order valence-electron chi connectivity index (χ2n) is 4.61. The van der Waals surface area contributed by atoms with Gasteiger partial charge in [-0.25, -0.2) is 0 Å². The van der Waals surface area contributed by atoms with Crippen LogP contribution in [0.1, 0.15) is 39.0 Å². The molecule has 1 aliphatic rings. The predicted octanol–water partition coefficient (Wildman–Crippen LogP) is 1.24. The Morgan fingerprint density at radius 3 is 2.73 bits per heavy atom. The third kappa shape index (κ3) is 4.49. The van der Waals surface area contributed by atoms with Gasteiger partial charge in [0.15, 0.2) is 0 Å². The summed E-state index contributed by atoms with van der Waals surface area (Å²) in [4.78, 5) is 2.46. The minimum absolute atomic E-state index is 0.0799. The van der Waals surface area contributed by atoms with Gasteiger partial charge in [0.2, 0.25) is 0 Å². The summed E-state index contributed by atoms with van der Waals surface area (Å²) >= 11 is 0. The molecule has 2 unspecified atom stereocenters. The molecule has 0 aromatic carbocycles. The molecule has 90 valence electrons. The van der Waals surface area contributed by atoms with Crippen molar-refractivity contribution in [3.8, 4) is 0 Å². The lowest BCUT2D eigenvalue weighted by Gasteiger charge is -2.35. The van der Waals surface area contributed by atoms with Crippen molar-refractivity contribution < 1.29 is 10.2 Å². The molecule has 2 atom stereocenters. The third-order valence-corrected chi connectivity index (χ3v) is 3.43. The Kier molecular flexibility index (Phi) is 6.22. The van der Waals surface area contributed by atoms with Crippen LogP contribution in [0.3, 0.4) is 0 Å². The zero-order valence-corrected chi connectivity index (χ0v) is 9.86. The van der Waals surface area contributed by atoms with Crippen LogP contribution >= 0.6 is 0 Å². The minimum atomic E-state index is -0.0799. The van der Waals surface area contributed by atoms with Crippen LogP contribution in [0.15, 0.2) is 0 Å². The zero-order valence-electron chi connectivity index (χ0n) is 9.86. The third-order valence-electron chi connectivity index (χ3n) is 3.43. The Labute approximate surface area is 93.1 Å². The van der Waals surface area contributed by atoms with Gasteiger partial charge in [0.1, 0.15) is 0 Å². The van der Waals surface area contributed by atoms with Crippen LogP contribution in [-0.4, -0.2) is 47.5 Å². The van der Waals surface area contributed by atoms with Gasteiger partial charge in [0, 0.05) is 19.7 Å². The molecular formula is C12H25NO2. The number of aliphatic hydroxyl groups excluding tert-OH is 2. The Bertz CT molecular complexity index is 164. The van der Waals surface area contributed by atoms with E-state index >= 15 is 0 Å². The summed E-state index contributed by atoms with van der Waals surface area (Å²) < 4.78 is 0. The van der Waals surface area contributed by atoms with Crippen LogP contribution < -0.4 is 0 Å². The molecule has 0 amide bonds. The van der Waals surface area contributed by atoms with Gasteiger partial charge in [-0.05, 0) is 44.6 Å². The van der Waals surface area contributed by atoms with Crippen molar-refractivity contribution in [2.24, 2.45) is 5.92 Å². The Balaban J connectivity index is 2.14. The fourth-order valence-corrected chi connectivity index (χ4v) is 2.32. The standard InChI is InChI=1S/C12H25NO2/c1-2-11-10-13(8-6-12(11)15)7-4-3-5-9-14/h11-12,14-15H,2-10H2,1H3. The van der Waals surface area contributed by atoms with E-state index < -0.39 is 0 Å². The van der Waals surface area contributed by atoms with E-state index in [-0.39, 0.29) is 6.10 Å². The van der Waals surface area contributed by atoms with Gasteiger partial charge in [0.25, 0.3) is 0 Å². The quantitative estimate of drug-likeness (QED) is 0.655. The molecule has 1 rings (SSSR count). The molecule has 3 heteroatoms. The number of piperidine rings is 1. The molecule has 0 aromatic heterocycles. The van der Waals surface area contributed by atoms with E-state index in [1.54, 1.807) is 0 Å². The summed E-state index contributed by atoms with van der Waals surface area (Å²) in [6.07, 6.45) is 5.14. The maximum absolute atomic E-state index is 9.74. The van der Waals surface area contributed by atoms with Gasteiger partial charge in [-0.2, -0.15) is 0 Å². The van der Waals surface area contributed by atoms with Crippen LogP contribution in [0.25, 0.3) is 0 Å². The van der Waals surface area contributed by atoms with Crippen LogP contribution in [0.5, 0.6) is 0 Å². The molecule has 0 spiro atoms. The lowest BCUT2D eigenvalue weighted by atomic mass is 9.92. The van der Waals surface area contributed by atoms with Crippen molar-refractivity contribution in [3.63, 3.8) is 0 Å². The summed E-state index contributed by atoms with van der Waals surface area (Å²) in [5.74, 6) is 0.469. The second-order valence-corrected chi connectivity index (χ2v) is 4.61. The fraction of sp³-hybridized carbons (Fsp3) is 1.00. The largest absolute Gasteiger partial charge is 0.396 e. The smallest absolute Gasteiger partial charge is 0.0592 e. The van der Waals surface area contributed by atoms with Gasteiger partial charge in [0.05, 0.1) is 6.10 Å². The molecule has 0 aliphatic carbocycles. The van der Waals surface area contributed by atoms with Gasteiger partial charge >= 0.3 is 0 Å². The monoisotopic (exact) mass is 215 g/mol. The summed E-state index contributed by atoms with van der Waals surface area (Å²) in [5, 5.41) is 18.4. The van der Waals surface area contributed by atoms with Crippen LogP contribution in [0.4, 0.5) is 0 Å². The van der Waals surface area contributed by atoms with Crippen molar-refractivity contribution in [3.05, 3.63) is 0 Å². The molecule has 1 saturated heterocycles. The summed E-state index contributed by atoms with van der Waals surface area (Å²) in [5.41, 5.74) is 0. The van der Waals surface area contributed by atoms with E-state index in [9.17, 15) is 5.11 Å². The highest BCUT2D eigenvalue weighted by Crippen LogP contribution is 2.20. The topological polar surface area (TPSA) is 43.7 Å². The molecule has 1 aliphatic heterocycles. The van der Waals surface area contributed by atoms with E-state index in [1.165, 1.54) is 6.42 Å². The average molecular weight is 215 g/mol. The predicted molar refractivity (Wildman–Crippen MR) is 61.8 cm³/mol. The normalized spacial score (nSPS) is 28.2. The number of hydrogen-bond acceptors (Lipinski definition) is 3. The zero-order chi connectivity index (χ0) is 11.1. The summed E-state index contributed by atoms with van der Waals surface area (Å²) in [6, 6.07) is 0. The van der Waals surface area contributed by atoms with Crippen molar-refractivity contribution in [1.82, 2.24) is 4.90 Å². The van der Waals surface area contributed by atoms with Crippen molar-refractivity contribution in [1.29, 1.82) is 0 Å². The molecule has 0 saturated carbocycles. The average Bonchev–Trinajstić information content (AvgIpc) is 2.26. The molecule has 3 nitrogen and oxygen atoms in total. The Hall–Kier alpha value is -0.120. The highest BCUT2D eigenvalue weighted by atomic mass is 16.3. The van der Waals surface area contributed by atoms with Gasteiger partial charge < -0.3 is 15.1 Å². The Morgan fingerprint density at radius 1 is 1.27 bits per heavy atom. The van der Waals surface area contributed by atoms with Crippen molar-refractivity contribution in [2.75, 3.05) is 26.2 Å². The number of nitrogens with zero attached hydrogens (tertiary/aromatic N) is 1. The number of aliphatic hydroxyl groups is 2. The molecule has 1 fully saturated rings. The molecule has 15 heavy (non-hydrogen) atoms. The first-order valence-corrected chi connectivity index (χ1v) is 6.29. The maximum Gasteiger partial charge on any atom is 0.0592 e. The van der Waals surface area contributed by atoms with Gasteiger partial charge in [-0.1, -0.05) is 6.92 Å². The first-order chi connectivity index (χ1) is 7.27. The first kappa shape index (κ1) is 12.9. The first-order valence-electron chi connectivity index (χ1n) is 6.29. The number of rotatable bonds is 6. The molecule has 0 bridgehead atoms. The van der Waals surface area contributed by atoms with E-state index in [0.29, 0.717) is 12.5 Å². The SMILES string of the molecule is CCC1CN(CCCCCO)CCC1O. The minimum Gasteiger partial charge on any atom is -0.396 e. The molecule has 1 heterocycles. The number of unbranched alkanes of at least 4 members (excludes halogenated alkanes) is 2. The van der Waals surface area contributed by atoms with Gasteiger partial charge in [-0.3, -0.25) is 0 Å². The summed E-state index contributed by atoms with van der Waals surface area (Å²) in [6.45, 7) is 5.69. The lowest BCUT2D eigenvalue weighted by molar-refractivity contribution is 0.0245. The Morgan fingerprint density at radius 2 is 2.07 bits per heavy atom. The fourth-order valence-electron chi connectivity index (χ4n) is 2.32. The number of hydrogen-bond donors (Lipinski definition) is 2. The lowest BCUT2D eigenvalue weighted by Crippen LogP contribution is -2.43. The van der Waals surface area contributed by atoms with E-state index in [1.807, 2.05) is 0 Å². The molecule has 2 N–H and O–H groups in total. The summed E-state index contributed by atoms with van der Waals surface area (Å²) in [7, 11) is 0. The van der Waals surface area contributed by atoms with Crippen LogP contribution in [0, 0.1) is 5.92 Å². The highest BCUT2D eigenvalue weighted by molar-refractivity contribution is 4.78. The van der Waals surface area contributed by atoms with E-state index in [4.69, 9.17) is 5.11 Å². The van der Waals surface area contributed by atoms with E-state index in [2.05, 4.69) is 11.8 Å². The van der Waals surface area contributed by atoms with Crippen molar-refractivity contribution in [2.45, 2.75) is 45.1 Å². The second kappa shape index (κ2) is 7.20. The highest BCUT2D eigenvalue weighted by Gasteiger charge is 2.25. The molecular weight excluding hydrogens is 190 g/mol. The maximum atomic E-state index is 9.74. The molecule has 0 aromatic rings. The van der Waals surface area contributed by atoms with Crippen molar-refractivity contribution >= 4 is 0 Å². The number of likely N-dealkylation sites (tertiary alicyclic amines) is 1. The van der Waals surface area contributed by atoms with E-state index in [0.717, 1.165) is 45.3 Å². The van der Waals surface area contributed by atoms with Crippen LogP contribution in [-0.2, 0) is 0 Å². The van der Waals surface area contributed by atoms with Crippen LogP contribution in [0.2, 0.25) is 0 Å². The van der Waals surface area contributed by atoms with Gasteiger partial charge in [-0.15, -0.1) is 0 Å². The molecule has 0 radical (unpaired) electrons.